The van der Waals surface area contributed by atoms with Crippen molar-refractivity contribution in [3.63, 3.8) is 0 Å². The van der Waals surface area contributed by atoms with Crippen LogP contribution in [0.4, 0.5) is 4.79 Å². The van der Waals surface area contributed by atoms with Crippen LogP contribution in [-0.2, 0) is 20.7 Å². The molecule has 1 amide bonds. The number of ketones is 1. The van der Waals surface area contributed by atoms with Crippen molar-refractivity contribution >= 4 is 17.8 Å². The van der Waals surface area contributed by atoms with Gasteiger partial charge in [0.1, 0.15) is 11.6 Å². The third-order valence-corrected chi connectivity index (χ3v) is 5.34. The summed E-state index contributed by atoms with van der Waals surface area (Å²) in [6, 6.07) is 16.0. The standard InChI is InChI=1S/C25H29NO5/c1-25(2,3)31-24(29)26-15-14-20(18-8-6-5-7-9-18)22(26)21(27)16-17-10-12-19(13-11-17)23(28)30-4/h5-13,20,22H,14-16H2,1-4H3/t20-,22-/m0/s1. The van der Waals surface area contributed by atoms with Crippen LogP contribution in [0.25, 0.3) is 0 Å². The normalized spacial score (nSPS) is 18.5. The van der Waals surface area contributed by atoms with Crippen LogP contribution < -0.4 is 0 Å². The Labute approximate surface area is 183 Å². The number of amides is 1. The smallest absolute Gasteiger partial charge is 0.410 e. The van der Waals surface area contributed by atoms with Gasteiger partial charge >= 0.3 is 12.1 Å². The molecule has 1 fully saturated rings. The summed E-state index contributed by atoms with van der Waals surface area (Å²) in [6.07, 6.45) is 0.390. The first-order valence-electron chi connectivity index (χ1n) is 10.4. The van der Waals surface area contributed by atoms with E-state index in [0.717, 1.165) is 11.1 Å². The number of rotatable bonds is 5. The predicted octanol–water partition coefficient (Wildman–Crippen LogP) is 4.38. The lowest BCUT2D eigenvalue weighted by Crippen LogP contribution is -2.45. The highest BCUT2D eigenvalue weighted by molar-refractivity contribution is 5.92. The maximum Gasteiger partial charge on any atom is 0.410 e. The Bertz CT molecular complexity index is 931. The molecule has 0 N–H and O–H groups in total. The molecule has 0 radical (unpaired) electrons. The maximum absolute atomic E-state index is 13.4. The van der Waals surface area contributed by atoms with E-state index in [9.17, 15) is 14.4 Å². The summed E-state index contributed by atoms with van der Waals surface area (Å²) in [5.74, 6) is -0.562. The Kier molecular flexibility index (Phi) is 6.78. The predicted molar refractivity (Wildman–Crippen MR) is 117 cm³/mol. The van der Waals surface area contributed by atoms with E-state index in [-0.39, 0.29) is 18.1 Å². The molecule has 0 unspecified atom stereocenters. The van der Waals surface area contributed by atoms with Gasteiger partial charge in [0, 0.05) is 18.9 Å². The van der Waals surface area contributed by atoms with Crippen LogP contribution in [0.15, 0.2) is 54.6 Å². The van der Waals surface area contributed by atoms with Crippen molar-refractivity contribution in [3.05, 3.63) is 71.3 Å². The van der Waals surface area contributed by atoms with Crippen LogP contribution in [0, 0.1) is 0 Å². The van der Waals surface area contributed by atoms with E-state index < -0.39 is 23.7 Å². The molecule has 0 spiro atoms. The van der Waals surface area contributed by atoms with Gasteiger partial charge in [-0.25, -0.2) is 9.59 Å². The van der Waals surface area contributed by atoms with Gasteiger partial charge in [-0.15, -0.1) is 0 Å². The Morgan fingerprint density at radius 1 is 1.00 bits per heavy atom. The van der Waals surface area contributed by atoms with Gasteiger partial charge < -0.3 is 9.47 Å². The second-order valence-corrected chi connectivity index (χ2v) is 8.76. The van der Waals surface area contributed by atoms with Crippen LogP contribution in [0.3, 0.4) is 0 Å². The number of hydrogen-bond donors (Lipinski definition) is 0. The molecule has 1 aliphatic heterocycles. The van der Waals surface area contributed by atoms with Gasteiger partial charge in [-0.2, -0.15) is 0 Å². The van der Waals surface area contributed by atoms with E-state index in [1.54, 1.807) is 29.2 Å². The minimum Gasteiger partial charge on any atom is -0.465 e. The van der Waals surface area contributed by atoms with Gasteiger partial charge in [0.15, 0.2) is 5.78 Å². The van der Waals surface area contributed by atoms with Crippen LogP contribution in [0.2, 0.25) is 0 Å². The molecule has 6 heteroatoms. The minimum atomic E-state index is -0.640. The number of Topliss-reactive ketones (excluding diaryl/α,β-unsaturated/α-hetero) is 1. The monoisotopic (exact) mass is 423 g/mol. The maximum atomic E-state index is 13.4. The van der Waals surface area contributed by atoms with Crippen LogP contribution >= 0.6 is 0 Å². The van der Waals surface area contributed by atoms with Crippen molar-refractivity contribution in [2.45, 2.75) is 51.2 Å². The first-order chi connectivity index (χ1) is 14.7. The lowest BCUT2D eigenvalue weighted by Gasteiger charge is -2.30. The fraction of sp³-hybridized carbons (Fsp3) is 0.400. The molecule has 2 aromatic carbocycles. The van der Waals surface area contributed by atoms with E-state index in [1.807, 2.05) is 51.1 Å². The molecule has 1 saturated heterocycles. The van der Waals surface area contributed by atoms with Gasteiger partial charge in [0.2, 0.25) is 0 Å². The van der Waals surface area contributed by atoms with Crippen LogP contribution in [-0.4, -0.2) is 48.0 Å². The molecule has 2 aromatic rings. The molecular formula is C25H29NO5. The van der Waals surface area contributed by atoms with Crippen molar-refractivity contribution in [1.29, 1.82) is 0 Å². The first kappa shape index (κ1) is 22.5. The Hall–Kier alpha value is -3.15. The number of hydrogen-bond acceptors (Lipinski definition) is 5. The summed E-state index contributed by atoms with van der Waals surface area (Å²) in [7, 11) is 1.33. The SMILES string of the molecule is COC(=O)c1ccc(CC(=O)[C@@H]2[C@H](c3ccccc3)CCN2C(=O)OC(C)(C)C)cc1. The molecule has 0 bridgehead atoms. The zero-order valence-corrected chi connectivity index (χ0v) is 18.5. The molecule has 0 aliphatic carbocycles. The molecule has 3 rings (SSSR count). The number of methoxy groups -OCH3 is 1. The van der Waals surface area contributed by atoms with Crippen LogP contribution in [0.1, 0.15) is 54.6 Å². The molecule has 1 heterocycles. The number of likely N-dealkylation sites (tertiary alicyclic amines) is 1. The molecule has 164 valence electrons. The third kappa shape index (κ3) is 5.51. The summed E-state index contributed by atoms with van der Waals surface area (Å²) in [5.41, 5.74) is 1.60. The van der Waals surface area contributed by atoms with Gasteiger partial charge in [-0.05, 0) is 50.5 Å². The summed E-state index contributed by atoms with van der Waals surface area (Å²) in [4.78, 5) is 39.5. The van der Waals surface area contributed by atoms with Crippen molar-refractivity contribution < 1.29 is 23.9 Å². The van der Waals surface area contributed by atoms with E-state index >= 15 is 0 Å². The topological polar surface area (TPSA) is 72.9 Å². The van der Waals surface area contributed by atoms with Gasteiger partial charge in [-0.1, -0.05) is 42.5 Å². The van der Waals surface area contributed by atoms with Crippen molar-refractivity contribution in [2.75, 3.05) is 13.7 Å². The number of benzene rings is 2. The number of carbonyl (C=O) groups is 3. The highest BCUT2D eigenvalue weighted by Gasteiger charge is 2.43. The second kappa shape index (κ2) is 9.33. The summed E-state index contributed by atoms with van der Waals surface area (Å²) in [5, 5.41) is 0. The van der Waals surface area contributed by atoms with Gasteiger partial charge in [0.25, 0.3) is 0 Å². The number of ether oxygens (including phenoxy) is 2. The zero-order chi connectivity index (χ0) is 22.6. The van der Waals surface area contributed by atoms with E-state index in [4.69, 9.17) is 9.47 Å². The first-order valence-corrected chi connectivity index (χ1v) is 10.4. The number of nitrogens with zero attached hydrogens (tertiary/aromatic N) is 1. The highest BCUT2D eigenvalue weighted by atomic mass is 16.6. The van der Waals surface area contributed by atoms with Crippen molar-refractivity contribution in [2.24, 2.45) is 0 Å². The van der Waals surface area contributed by atoms with E-state index in [1.165, 1.54) is 7.11 Å². The summed E-state index contributed by atoms with van der Waals surface area (Å²) in [6.45, 7) is 5.91. The average Bonchev–Trinajstić information content (AvgIpc) is 3.19. The molecule has 1 aliphatic rings. The average molecular weight is 424 g/mol. The highest BCUT2D eigenvalue weighted by Crippen LogP contribution is 2.35. The lowest BCUT2D eigenvalue weighted by atomic mass is 9.87. The largest absolute Gasteiger partial charge is 0.465 e. The van der Waals surface area contributed by atoms with Crippen LogP contribution in [0.5, 0.6) is 0 Å². The Balaban J connectivity index is 1.84. The fourth-order valence-electron chi connectivity index (χ4n) is 3.95. The Morgan fingerprint density at radius 2 is 1.65 bits per heavy atom. The van der Waals surface area contributed by atoms with E-state index in [2.05, 4.69) is 0 Å². The summed E-state index contributed by atoms with van der Waals surface area (Å²) < 4.78 is 10.3. The number of esters is 1. The molecular weight excluding hydrogens is 394 g/mol. The van der Waals surface area contributed by atoms with Gasteiger partial charge in [-0.3, -0.25) is 9.69 Å². The third-order valence-electron chi connectivity index (χ3n) is 5.34. The molecule has 0 aromatic heterocycles. The fourth-order valence-corrected chi connectivity index (χ4v) is 3.95. The van der Waals surface area contributed by atoms with E-state index in [0.29, 0.717) is 18.5 Å². The second-order valence-electron chi connectivity index (χ2n) is 8.76. The minimum absolute atomic E-state index is 0.0527. The lowest BCUT2D eigenvalue weighted by molar-refractivity contribution is -0.123. The molecule has 31 heavy (non-hydrogen) atoms. The van der Waals surface area contributed by atoms with Gasteiger partial charge in [0.05, 0.1) is 12.7 Å². The molecule has 0 saturated carbocycles. The molecule has 6 nitrogen and oxygen atoms in total. The van der Waals surface area contributed by atoms with Crippen molar-refractivity contribution in [3.8, 4) is 0 Å². The Morgan fingerprint density at radius 3 is 2.23 bits per heavy atom. The molecule has 2 atom stereocenters. The van der Waals surface area contributed by atoms with Crippen molar-refractivity contribution in [1.82, 2.24) is 4.90 Å². The summed E-state index contributed by atoms with van der Waals surface area (Å²) >= 11 is 0. The number of carbonyl (C=O) groups excluding carboxylic acids is 3. The zero-order valence-electron chi connectivity index (χ0n) is 18.5. The quantitative estimate of drug-likeness (QED) is 0.668.